The fraction of sp³-hybridized carbons (Fsp3) is 0.385. The van der Waals surface area contributed by atoms with Crippen LogP contribution in [0.25, 0.3) is 0 Å². The predicted molar refractivity (Wildman–Crippen MR) is 69.2 cm³/mol. The maximum absolute atomic E-state index is 12.3. The molecule has 1 aromatic carbocycles. The van der Waals surface area contributed by atoms with E-state index in [1.807, 2.05) is 6.07 Å². The van der Waals surface area contributed by atoms with Crippen LogP contribution in [0.2, 0.25) is 5.02 Å². The van der Waals surface area contributed by atoms with Crippen LogP contribution in [0, 0.1) is 0 Å². The van der Waals surface area contributed by atoms with E-state index in [1.165, 1.54) is 4.90 Å². The van der Waals surface area contributed by atoms with Gasteiger partial charge in [0.05, 0.1) is 6.54 Å². The molecule has 0 radical (unpaired) electrons. The van der Waals surface area contributed by atoms with Crippen molar-refractivity contribution in [3.05, 3.63) is 28.8 Å². The van der Waals surface area contributed by atoms with Gasteiger partial charge in [0.1, 0.15) is 5.75 Å². The summed E-state index contributed by atoms with van der Waals surface area (Å²) in [7, 11) is 0. The molecule has 2 amide bonds. The molecule has 1 N–H and O–H groups in total. The van der Waals surface area contributed by atoms with E-state index in [2.05, 4.69) is 5.32 Å². The molecule has 1 atom stereocenters. The number of fused-ring (bicyclic) bond motifs is 1. The third kappa shape index (κ3) is 2.38. The van der Waals surface area contributed by atoms with Gasteiger partial charge in [-0.25, -0.2) is 0 Å². The quantitative estimate of drug-likeness (QED) is 0.820. The van der Waals surface area contributed by atoms with E-state index in [0.717, 1.165) is 5.56 Å². The molecule has 1 fully saturated rings. The smallest absolute Gasteiger partial charge is 0.264 e. The molecule has 5 nitrogen and oxygen atoms in total. The summed E-state index contributed by atoms with van der Waals surface area (Å²) >= 11 is 5.91. The van der Waals surface area contributed by atoms with Crippen LogP contribution < -0.4 is 10.1 Å². The molecule has 1 aromatic rings. The number of piperazine rings is 1. The van der Waals surface area contributed by atoms with Crippen LogP contribution in [0.1, 0.15) is 5.56 Å². The van der Waals surface area contributed by atoms with Gasteiger partial charge in [-0.3, -0.25) is 9.59 Å². The van der Waals surface area contributed by atoms with Crippen LogP contribution in [-0.2, 0) is 16.0 Å². The summed E-state index contributed by atoms with van der Waals surface area (Å²) in [6.07, 6.45) is -0.0355. The fourth-order valence-corrected chi connectivity index (χ4v) is 2.58. The standard InChI is InChI=1S/C13H13ClN2O3/c14-9-1-2-10-8(5-9)6-11(19-10)13(18)16-4-3-15-12(17)7-16/h1-2,5,11H,3-4,6-7H2,(H,15,17). The molecule has 2 aliphatic rings. The molecular formula is C13H13ClN2O3. The maximum Gasteiger partial charge on any atom is 0.264 e. The van der Waals surface area contributed by atoms with Crippen LogP contribution in [0.15, 0.2) is 18.2 Å². The number of benzene rings is 1. The molecule has 3 rings (SSSR count). The van der Waals surface area contributed by atoms with Gasteiger partial charge >= 0.3 is 0 Å². The van der Waals surface area contributed by atoms with Crippen molar-refractivity contribution in [2.45, 2.75) is 12.5 Å². The van der Waals surface area contributed by atoms with Gasteiger partial charge in [-0.2, -0.15) is 0 Å². The van der Waals surface area contributed by atoms with Gasteiger partial charge < -0.3 is 15.0 Å². The van der Waals surface area contributed by atoms with Crippen molar-refractivity contribution >= 4 is 23.4 Å². The Hall–Kier alpha value is -1.75. The Balaban J connectivity index is 1.72. The van der Waals surface area contributed by atoms with Crippen LogP contribution in [-0.4, -0.2) is 42.5 Å². The van der Waals surface area contributed by atoms with E-state index < -0.39 is 6.10 Å². The third-order valence-electron chi connectivity index (χ3n) is 3.32. The average molecular weight is 281 g/mol. The molecule has 1 saturated heterocycles. The first-order chi connectivity index (χ1) is 9.13. The van der Waals surface area contributed by atoms with E-state index in [4.69, 9.17) is 16.3 Å². The SMILES string of the molecule is O=C1CN(C(=O)C2Cc3cc(Cl)ccc3O2)CCN1. The van der Waals surface area contributed by atoms with Crippen molar-refractivity contribution < 1.29 is 14.3 Å². The fourth-order valence-electron chi connectivity index (χ4n) is 2.39. The zero-order chi connectivity index (χ0) is 13.4. The summed E-state index contributed by atoms with van der Waals surface area (Å²) in [6.45, 7) is 1.13. The Morgan fingerprint density at radius 3 is 3.11 bits per heavy atom. The van der Waals surface area contributed by atoms with Crippen molar-refractivity contribution in [1.29, 1.82) is 0 Å². The predicted octanol–water partition coefficient (Wildman–Crippen LogP) is 0.602. The largest absolute Gasteiger partial charge is 0.480 e. The Kier molecular flexibility index (Phi) is 3.06. The summed E-state index contributed by atoms with van der Waals surface area (Å²) in [5.41, 5.74) is 0.937. The lowest BCUT2D eigenvalue weighted by Gasteiger charge is -2.28. The zero-order valence-corrected chi connectivity index (χ0v) is 10.9. The highest BCUT2D eigenvalue weighted by molar-refractivity contribution is 6.30. The lowest BCUT2D eigenvalue weighted by Crippen LogP contribution is -2.53. The highest BCUT2D eigenvalue weighted by atomic mass is 35.5. The van der Waals surface area contributed by atoms with Crippen LogP contribution in [0.4, 0.5) is 0 Å². The Morgan fingerprint density at radius 2 is 2.32 bits per heavy atom. The first-order valence-electron chi connectivity index (χ1n) is 6.14. The number of amides is 2. The van der Waals surface area contributed by atoms with E-state index in [0.29, 0.717) is 30.3 Å². The zero-order valence-electron chi connectivity index (χ0n) is 10.2. The molecule has 100 valence electrons. The van der Waals surface area contributed by atoms with Gasteiger partial charge in [0.15, 0.2) is 6.10 Å². The second-order valence-electron chi connectivity index (χ2n) is 4.67. The van der Waals surface area contributed by atoms with Crippen molar-refractivity contribution in [3.63, 3.8) is 0 Å². The normalized spacial score (nSPS) is 21.6. The molecule has 0 saturated carbocycles. The van der Waals surface area contributed by atoms with Crippen LogP contribution >= 0.6 is 11.6 Å². The van der Waals surface area contributed by atoms with Crippen molar-refractivity contribution in [3.8, 4) is 5.75 Å². The summed E-state index contributed by atoms with van der Waals surface area (Å²) in [4.78, 5) is 25.1. The number of ether oxygens (including phenoxy) is 1. The van der Waals surface area contributed by atoms with Crippen molar-refractivity contribution in [2.75, 3.05) is 19.6 Å². The first kappa shape index (κ1) is 12.3. The number of rotatable bonds is 1. The van der Waals surface area contributed by atoms with Gasteiger partial charge in [-0.15, -0.1) is 0 Å². The van der Waals surface area contributed by atoms with Crippen molar-refractivity contribution in [1.82, 2.24) is 10.2 Å². The second kappa shape index (κ2) is 4.74. The minimum absolute atomic E-state index is 0.107. The lowest BCUT2D eigenvalue weighted by atomic mass is 10.1. The molecule has 2 heterocycles. The van der Waals surface area contributed by atoms with Crippen molar-refractivity contribution in [2.24, 2.45) is 0 Å². The molecule has 0 aromatic heterocycles. The number of nitrogens with one attached hydrogen (secondary N) is 1. The molecule has 1 unspecified atom stereocenters. The summed E-state index contributed by atoms with van der Waals surface area (Å²) in [5.74, 6) is 0.435. The van der Waals surface area contributed by atoms with E-state index in [-0.39, 0.29) is 18.4 Å². The number of carbonyl (C=O) groups is 2. The minimum Gasteiger partial charge on any atom is -0.480 e. The third-order valence-corrected chi connectivity index (χ3v) is 3.56. The lowest BCUT2D eigenvalue weighted by molar-refractivity contribution is -0.143. The van der Waals surface area contributed by atoms with E-state index >= 15 is 0 Å². The second-order valence-corrected chi connectivity index (χ2v) is 5.11. The van der Waals surface area contributed by atoms with Crippen LogP contribution in [0.5, 0.6) is 5.75 Å². The Labute approximate surface area is 115 Å². The molecule has 19 heavy (non-hydrogen) atoms. The van der Waals surface area contributed by atoms with Gasteiger partial charge in [0.25, 0.3) is 5.91 Å². The minimum atomic E-state index is -0.542. The summed E-state index contributed by atoms with van der Waals surface area (Å²) in [6, 6.07) is 5.32. The van der Waals surface area contributed by atoms with Gasteiger partial charge in [-0.05, 0) is 23.8 Å². The monoisotopic (exact) mass is 280 g/mol. The number of hydrogen-bond acceptors (Lipinski definition) is 3. The Morgan fingerprint density at radius 1 is 1.47 bits per heavy atom. The van der Waals surface area contributed by atoms with Gasteiger partial charge in [0, 0.05) is 24.5 Å². The maximum atomic E-state index is 12.3. The molecule has 0 spiro atoms. The molecular weight excluding hydrogens is 268 g/mol. The Bertz CT molecular complexity index is 547. The first-order valence-corrected chi connectivity index (χ1v) is 6.52. The number of halogens is 1. The highest BCUT2D eigenvalue weighted by Crippen LogP contribution is 2.31. The summed E-state index contributed by atoms with van der Waals surface area (Å²) < 4.78 is 5.63. The molecule has 0 bridgehead atoms. The number of nitrogens with zero attached hydrogens (tertiary/aromatic N) is 1. The topological polar surface area (TPSA) is 58.6 Å². The average Bonchev–Trinajstić information content (AvgIpc) is 2.80. The van der Waals surface area contributed by atoms with Crippen LogP contribution in [0.3, 0.4) is 0 Å². The molecule has 2 aliphatic heterocycles. The van der Waals surface area contributed by atoms with E-state index in [1.54, 1.807) is 12.1 Å². The highest BCUT2D eigenvalue weighted by Gasteiger charge is 2.34. The van der Waals surface area contributed by atoms with E-state index in [9.17, 15) is 9.59 Å². The van der Waals surface area contributed by atoms with Gasteiger partial charge in [-0.1, -0.05) is 11.6 Å². The van der Waals surface area contributed by atoms with Gasteiger partial charge in [0.2, 0.25) is 5.91 Å². The summed E-state index contributed by atoms with van der Waals surface area (Å²) in [5, 5.41) is 3.32. The number of hydrogen-bond donors (Lipinski definition) is 1. The molecule has 6 heteroatoms. The number of carbonyl (C=O) groups excluding carboxylic acids is 2. The molecule has 0 aliphatic carbocycles.